The molecule has 3 aliphatic rings. The lowest BCUT2D eigenvalue weighted by Crippen LogP contribution is -2.58. The number of methoxy groups -OCH3 is 3. The molecular formula is C35H44N2O7. The SMILES string of the molecule is CCCOc1cc(C)c(C(=O)OC2CC3CN4CCc5c([nH]c6cc(OC)ccc56)C4CC3C(C(=O)OC)C2OC)c(C)c1. The highest BCUT2D eigenvalue weighted by atomic mass is 16.6. The fraction of sp³-hybridized carbons (Fsp3) is 0.543. The van der Waals surface area contributed by atoms with Crippen LogP contribution < -0.4 is 9.47 Å². The number of nitrogens with zero attached hydrogens (tertiary/aromatic N) is 1. The summed E-state index contributed by atoms with van der Waals surface area (Å²) in [5, 5.41) is 1.23. The minimum absolute atomic E-state index is 0.0222. The van der Waals surface area contributed by atoms with Crippen molar-refractivity contribution in [3.8, 4) is 11.5 Å². The molecule has 9 nitrogen and oxygen atoms in total. The Labute approximate surface area is 259 Å². The van der Waals surface area contributed by atoms with Gasteiger partial charge in [0.25, 0.3) is 0 Å². The number of hydrogen-bond acceptors (Lipinski definition) is 8. The Kier molecular flexibility index (Phi) is 8.61. The zero-order chi connectivity index (χ0) is 31.1. The Balaban J connectivity index is 1.28. The molecule has 1 aliphatic carbocycles. The van der Waals surface area contributed by atoms with Gasteiger partial charge in [0.05, 0.1) is 38.3 Å². The molecule has 3 aromatic rings. The van der Waals surface area contributed by atoms with Crippen LogP contribution in [0.25, 0.3) is 10.9 Å². The van der Waals surface area contributed by atoms with Gasteiger partial charge >= 0.3 is 11.9 Å². The topological polar surface area (TPSA) is 99.3 Å². The molecule has 0 bridgehead atoms. The first-order valence-corrected chi connectivity index (χ1v) is 15.8. The van der Waals surface area contributed by atoms with E-state index in [1.54, 1.807) is 14.2 Å². The molecule has 1 aromatic heterocycles. The molecule has 44 heavy (non-hydrogen) atoms. The van der Waals surface area contributed by atoms with Crippen LogP contribution in [0.1, 0.15) is 65.0 Å². The molecule has 1 saturated heterocycles. The van der Waals surface area contributed by atoms with E-state index in [4.69, 9.17) is 23.7 Å². The maximum atomic E-state index is 13.7. The number of rotatable bonds is 8. The zero-order valence-corrected chi connectivity index (χ0v) is 26.6. The number of benzene rings is 2. The molecule has 1 saturated carbocycles. The van der Waals surface area contributed by atoms with Crippen molar-refractivity contribution >= 4 is 22.8 Å². The number of fused-ring (bicyclic) bond motifs is 6. The summed E-state index contributed by atoms with van der Waals surface area (Å²) in [6.07, 6.45) is 2.08. The molecule has 6 rings (SSSR count). The van der Waals surface area contributed by atoms with E-state index in [2.05, 4.69) is 28.9 Å². The summed E-state index contributed by atoms with van der Waals surface area (Å²) in [5.41, 5.74) is 5.77. The number of nitrogens with one attached hydrogen (secondary N) is 1. The molecule has 3 heterocycles. The van der Waals surface area contributed by atoms with Crippen molar-refractivity contribution in [1.82, 2.24) is 9.88 Å². The van der Waals surface area contributed by atoms with Crippen LogP contribution in [0.15, 0.2) is 30.3 Å². The first kappa shape index (κ1) is 30.5. The summed E-state index contributed by atoms with van der Waals surface area (Å²) in [6, 6.07) is 10.1. The Bertz CT molecular complexity index is 1520. The monoisotopic (exact) mass is 604 g/mol. The van der Waals surface area contributed by atoms with E-state index in [0.717, 1.165) is 60.5 Å². The van der Waals surface area contributed by atoms with Crippen molar-refractivity contribution < 1.29 is 33.3 Å². The van der Waals surface area contributed by atoms with Crippen LogP contribution in [0, 0.1) is 31.6 Å². The number of ether oxygens (including phenoxy) is 5. The second-order valence-corrected chi connectivity index (χ2v) is 12.6. The predicted octanol–water partition coefficient (Wildman–Crippen LogP) is 5.55. The van der Waals surface area contributed by atoms with Crippen molar-refractivity contribution in [3.05, 3.63) is 58.3 Å². The van der Waals surface area contributed by atoms with Gasteiger partial charge in [0, 0.05) is 42.9 Å². The lowest BCUT2D eigenvalue weighted by Gasteiger charge is -2.52. The minimum atomic E-state index is -0.609. The summed E-state index contributed by atoms with van der Waals surface area (Å²) in [7, 11) is 4.70. The maximum Gasteiger partial charge on any atom is 0.339 e. The quantitative estimate of drug-likeness (QED) is 0.334. The molecule has 2 aliphatic heterocycles. The number of aryl methyl sites for hydroxylation is 2. The van der Waals surface area contributed by atoms with E-state index >= 15 is 0 Å². The van der Waals surface area contributed by atoms with E-state index < -0.39 is 24.1 Å². The largest absolute Gasteiger partial charge is 0.497 e. The minimum Gasteiger partial charge on any atom is -0.497 e. The Morgan fingerprint density at radius 2 is 1.80 bits per heavy atom. The van der Waals surface area contributed by atoms with Crippen LogP contribution in [0.4, 0.5) is 0 Å². The predicted molar refractivity (Wildman–Crippen MR) is 166 cm³/mol. The van der Waals surface area contributed by atoms with E-state index in [-0.39, 0.29) is 23.8 Å². The Morgan fingerprint density at radius 1 is 1.02 bits per heavy atom. The number of aromatic amines is 1. The smallest absolute Gasteiger partial charge is 0.339 e. The number of H-pyrrole nitrogens is 1. The fourth-order valence-electron chi connectivity index (χ4n) is 8.10. The van der Waals surface area contributed by atoms with Gasteiger partial charge in [-0.15, -0.1) is 0 Å². The van der Waals surface area contributed by atoms with Gasteiger partial charge in [-0.3, -0.25) is 9.69 Å². The van der Waals surface area contributed by atoms with Crippen LogP contribution in [-0.4, -0.2) is 75.1 Å². The number of esters is 2. The average Bonchev–Trinajstić information content (AvgIpc) is 3.39. The Hall–Kier alpha value is -3.56. The van der Waals surface area contributed by atoms with E-state index in [0.29, 0.717) is 18.6 Å². The Morgan fingerprint density at radius 3 is 2.48 bits per heavy atom. The second-order valence-electron chi connectivity index (χ2n) is 12.6. The maximum absolute atomic E-state index is 13.7. The summed E-state index contributed by atoms with van der Waals surface area (Å²) in [4.78, 5) is 33.4. The van der Waals surface area contributed by atoms with Gasteiger partial charge in [0.15, 0.2) is 0 Å². The number of carbonyl (C=O) groups is 2. The van der Waals surface area contributed by atoms with Gasteiger partial charge in [-0.05, 0) is 92.3 Å². The highest BCUT2D eigenvalue weighted by Gasteiger charge is 2.54. The third-order valence-corrected chi connectivity index (χ3v) is 10.0. The van der Waals surface area contributed by atoms with Crippen LogP contribution in [0.2, 0.25) is 0 Å². The van der Waals surface area contributed by atoms with Crippen LogP contribution in [-0.2, 0) is 25.4 Å². The van der Waals surface area contributed by atoms with Crippen LogP contribution in [0.3, 0.4) is 0 Å². The summed E-state index contributed by atoms with van der Waals surface area (Å²) >= 11 is 0. The van der Waals surface area contributed by atoms with Gasteiger partial charge in [0.1, 0.15) is 23.7 Å². The van der Waals surface area contributed by atoms with Crippen molar-refractivity contribution in [2.24, 2.45) is 17.8 Å². The molecule has 236 valence electrons. The van der Waals surface area contributed by atoms with Gasteiger partial charge in [-0.1, -0.05) is 6.92 Å². The van der Waals surface area contributed by atoms with Gasteiger partial charge in [0.2, 0.25) is 0 Å². The van der Waals surface area contributed by atoms with Crippen molar-refractivity contribution in [1.29, 1.82) is 0 Å². The number of piperidine rings is 1. The molecule has 1 N–H and O–H groups in total. The molecule has 0 radical (unpaired) electrons. The van der Waals surface area contributed by atoms with Crippen molar-refractivity contribution in [3.63, 3.8) is 0 Å². The normalized spacial score (nSPS) is 26.3. The lowest BCUT2D eigenvalue weighted by atomic mass is 9.63. The van der Waals surface area contributed by atoms with Crippen molar-refractivity contribution in [2.75, 3.05) is 41.0 Å². The third kappa shape index (κ3) is 5.34. The van der Waals surface area contributed by atoms with Gasteiger partial charge in [-0.25, -0.2) is 4.79 Å². The number of hydrogen-bond donors (Lipinski definition) is 1. The molecule has 0 amide bonds. The standard InChI is InChI=1S/C35H44N2O7/c1-7-12-43-23-13-19(2)30(20(3)14-23)35(39)44-29-15-21-18-37-11-10-25-24-9-8-22(40-4)16-27(24)36-32(25)28(37)17-26(21)31(33(29)41-5)34(38)42-6/h8-9,13-14,16,21,26,28-29,31,33,36H,7,10-12,15,17-18H2,1-6H3. The van der Waals surface area contributed by atoms with Gasteiger partial charge < -0.3 is 28.7 Å². The average molecular weight is 605 g/mol. The second kappa shape index (κ2) is 12.4. The first-order chi connectivity index (χ1) is 21.3. The van der Waals surface area contributed by atoms with Crippen LogP contribution >= 0.6 is 0 Å². The molecule has 2 fully saturated rings. The molecule has 9 heteroatoms. The highest BCUT2D eigenvalue weighted by Crippen LogP contribution is 2.50. The fourth-order valence-corrected chi connectivity index (χ4v) is 8.10. The molecular weight excluding hydrogens is 560 g/mol. The summed E-state index contributed by atoms with van der Waals surface area (Å²) in [5.74, 6) is 0.473. The van der Waals surface area contributed by atoms with Gasteiger partial charge in [-0.2, -0.15) is 0 Å². The molecule has 0 spiro atoms. The van der Waals surface area contributed by atoms with E-state index in [9.17, 15) is 9.59 Å². The highest BCUT2D eigenvalue weighted by molar-refractivity contribution is 5.93. The van der Waals surface area contributed by atoms with Crippen molar-refractivity contribution in [2.45, 2.75) is 64.7 Å². The first-order valence-electron chi connectivity index (χ1n) is 15.8. The van der Waals surface area contributed by atoms with Crippen LogP contribution in [0.5, 0.6) is 11.5 Å². The summed E-state index contributed by atoms with van der Waals surface area (Å²) in [6.45, 7) is 8.22. The summed E-state index contributed by atoms with van der Waals surface area (Å²) < 4.78 is 28.9. The third-order valence-electron chi connectivity index (χ3n) is 10.0. The lowest BCUT2D eigenvalue weighted by molar-refractivity contribution is -0.176. The molecule has 2 aromatic carbocycles. The van der Waals surface area contributed by atoms with E-state index in [1.807, 2.05) is 32.0 Å². The number of aromatic nitrogens is 1. The number of carbonyl (C=O) groups excluding carboxylic acids is 2. The van der Waals surface area contributed by atoms with E-state index in [1.165, 1.54) is 23.8 Å². The molecule has 6 unspecified atom stereocenters. The molecule has 6 atom stereocenters. The zero-order valence-electron chi connectivity index (χ0n) is 26.6.